The third-order valence-electron chi connectivity index (χ3n) is 18.2. The largest absolute Gasteiger partial charge is 0.497 e. The number of hydrogen-bond donors (Lipinski definition) is 2. The van der Waals surface area contributed by atoms with Crippen LogP contribution in [0.25, 0.3) is 66.1 Å². The monoisotopic (exact) mass is 1150 g/mol. The van der Waals surface area contributed by atoms with Gasteiger partial charge < -0.3 is 19.7 Å². The molecular weight excluding hydrogens is 1050 g/mol. The summed E-state index contributed by atoms with van der Waals surface area (Å²) in [5.41, 5.74) is 17.3. The number of hydrogen-bond acceptors (Lipinski definition) is 4. The molecule has 0 amide bonds. The van der Waals surface area contributed by atoms with Gasteiger partial charge in [-0.1, -0.05) is 264 Å². The minimum atomic E-state index is -0.870. The molecule has 9 aromatic rings. The summed E-state index contributed by atoms with van der Waals surface area (Å²) in [6, 6.07) is 62.0. The Morgan fingerprint density at radius 3 is 0.930 bits per heavy atom. The van der Waals surface area contributed by atoms with E-state index in [1.165, 1.54) is 136 Å². The van der Waals surface area contributed by atoms with Gasteiger partial charge >= 0.3 is 0 Å². The van der Waals surface area contributed by atoms with Gasteiger partial charge in [-0.05, 0) is 198 Å². The standard InChI is InChI=1S/C82H98O4/c1-7-11-15-17-19-21-23-25-29-61-35-43-65(44-36-61)81(83)77-57-69(85-5)49-53-71(77)67-47-51-73-75(55-67)79(63-39-31-59(32-40-63)27-13-9-3)74-52-48-68(56-76(74)80(73)64-41-33-60(34-42-64)28-14-10-4)72-54-50-70(86-6)58-78(72)82(84)66-45-37-62(38-46-66)30-26-24-22-20-18-16-12-8-2/h31-58,81-84H,7-30H2,1-6H3. The molecule has 0 heterocycles. The maximum atomic E-state index is 12.5. The van der Waals surface area contributed by atoms with Crippen molar-refractivity contribution in [1.29, 1.82) is 0 Å². The van der Waals surface area contributed by atoms with Crippen LogP contribution in [0.4, 0.5) is 0 Å². The number of aryl methyl sites for hydroxylation is 4. The third-order valence-corrected chi connectivity index (χ3v) is 18.2. The van der Waals surface area contributed by atoms with Crippen LogP contribution < -0.4 is 9.47 Å². The molecule has 0 radical (unpaired) electrons. The Hall–Kier alpha value is -6.98. The highest BCUT2D eigenvalue weighted by Gasteiger charge is 2.24. The Bertz CT molecular complexity index is 3280. The van der Waals surface area contributed by atoms with E-state index in [-0.39, 0.29) is 0 Å². The topological polar surface area (TPSA) is 58.9 Å². The molecule has 2 N–H and O–H groups in total. The van der Waals surface area contributed by atoms with Crippen molar-refractivity contribution in [1.82, 2.24) is 0 Å². The van der Waals surface area contributed by atoms with E-state index in [4.69, 9.17) is 9.47 Å². The van der Waals surface area contributed by atoms with Crippen LogP contribution in [-0.4, -0.2) is 24.4 Å². The molecule has 0 aliphatic heterocycles. The average molecular weight is 1150 g/mol. The Balaban J connectivity index is 1.14. The molecule has 2 unspecified atom stereocenters. The van der Waals surface area contributed by atoms with Gasteiger partial charge in [0.15, 0.2) is 0 Å². The lowest BCUT2D eigenvalue weighted by molar-refractivity contribution is 0.220. The fourth-order valence-corrected chi connectivity index (χ4v) is 13.0. The lowest BCUT2D eigenvalue weighted by Crippen LogP contribution is -2.03. The van der Waals surface area contributed by atoms with Gasteiger partial charge in [0.05, 0.1) is 14.2 Å². The third kappa shape index (κ3) is 16.3. The first-order valence-electron chi connectivity index (χ1n) is 33.4. The first kappa shape index (κ1) is 63.5. The first-order chi connectivity index (χ1) is 42.2. The van der Waals surface area contributed by atoms with Crippen molar-refractivity contribution in [3.8, 4) is 56.0 Å². The zero-order valence-corrected chi connectivity index (χ0v) is 53.0. The average Bonchev–Trinajstić information content (AvgIpc) is 0.791. The molecule has 0 bridgehead atoms. The smallest absolute Gasteiger partial charge is 0.119 e. The molecule has 0 aliphatic carbocycles. The normalized spacial score (nSPS) is 12.3. The van der Waals surface area contributed by atoms with Crippen molar-refractivity contribution in [2.75, 3.05) is 14.2 Å². The number of benzene rings is 9. The van der Waals surface area contributed by atoms with E-state index in [0.29, 0.717) is 11.5 Å². The van der Waals surface area contributed by atoms with E-state index in [2.05, 4.69) is 173 Å². The molecule has 9 aromatic carbocycles. The van der Waals surface area contributed by atoms with Gasteiger partial charge in [0.25, 0.3) is 0 Å². The minimum Gasteiger partial charge on any atom is -0.497 e. The molecule has 0 fully saturated rings. The summed E-state index contributed by atoms with van der Waals surface area (Å²) in [7, 11) is 3.40. The van der Waals surface area contributed by atoms with Crippen molar-refractivity contribution in [3.63, 3.8) is 0 Å². The van der Waals surface area contributed by atoms with Crippen LogP contribution >= 0.6 is 0 Å². The van der Waals surface area contributed by atoms with E-state index in [1.54, 1.807) is 14.2 Å². The molecule has 0 spiro atoms. The van der Waals surface area contributed by atoms with Crippen molar-refractivity contribution < 1.29 is 19.7 Å². The van der Waals surface area contributed by atoms with Gasteiger partial charge in [-0.2, -0.15) is 0 Å². The van der Waals surface area contributed by atoms with Crippen LogP contribution in [0.15, 0.2) is 170 Å². The first-order valence-corrected chi connectivity index (χ1v) is 33.4. The maximum absolute atomic E-state index is 12.5. The van der Waals surface area contributed by atoms with Crippen molar-refractivity contribution in [2.45, 2.75) is 194 Å². The van der Waals surface area contributed by atoms with Gasteiger partial charge in [-0.25, -0.2) is 0 Å². The van der Waals surface area contributed by atoms with Gasteiger partial charge in [-0.15, -0.1) is 0 Å². The van der Waals surface area contributed by atoms with Crippen LogP contribution in [0, 0.1) is 0 Å². The lowest BCUT2D eigenvalue weighted by atomic mass is 9.82. The van der Waals surface area contributed by atoms with Gasteiger partial charge in [0.1, 0.15) is 23.7 Å². The molecule has 2 atom stereocenters. The number of rotatable bonds is 34. The Morgan fingerprint density at radius 1 is 0.291 bits per heavy atom. The second-order valence-electron chi connectivity index (χ2n) is 24.5. The number of fused-ring (bicyclic) bond motifs is 2. The van der Waals surface area contributed by atoms with Crippen LogP contribution in [0.2, 0.25) is 0 Å². The quantitative estimate of drug-likeness (QED) is 0.0312. The van der Waals surface area contributed by atoms with Crippen molar-refractivity contribution >= 4 is 21.5 Å². The molecule has 450 valence electrons. The number of aliphatic hydroxyl groups excluding tert-OH is 2. The molecule has 0 aliphatic rings. The summed E-state index contributed by atoms with van der Waals surface area (Å²) in [6.45, 7) is 9.07. The van der Waals surface area contributed by atoms with E-state index in [1.807, 2.05) is 24.3 Å². The lowest BCUT2D eigenvalue weighted by Gasteiger charge is -2.22. The van der Waals surface area contributed by atoms with Crippen molar-refractivity contribution in [2.24, 2.45) is 0 Å². The van der Waals surface area contributed by atoms with E-state index < -0.39 is 12.2 Å². The molecule has 4 heteroatoms. The second kappa shape index (κ2) is 32.7. The SMILES string of the molecule is CCCCCCCCCCc1ccc(C(O)c2cc(OC)ccc2-c2ccc3c(-c4ccc(CCCC)cc4)c4cc(-c5ccc(OC)cc5C(O)c5ccc(CCCCCCCCCC)cc5)ccc4c(-c4ccc(CCCC)cc4)c3c2)cc1. The number of methoxy groups -OCH3 is 2. The fourth-order valence-electron chi connectivity index (χ4n) is 13.0. The predicted octanol–water partition coefficient (Wildman–Crippen LogP) is 22.9. The molecule has 9 rings (SSSR count). The second-order valence-corrected chi connectivity index (χ2v) is 24.5. The van der Waals surface area contributed by atoms with Crippen LogP contribution in [0.3, 0.4) is 0 Å². The molecule has 4 nitrogen and oxygen atoms in total. The van der Waals surface area contributed by atoms with Crippen LogP contribution in [-0.2, 0) is 25.7 Å². The Labute approximate surface area is 517 Å². The summed E-state index contributed by atoms with van der Waals surface area (Å²) in [5.74, 6) is 1.42. The highest BCUT2D eigenvalue weighted by atomic mass is 16.5. The molecule has 0 aromatic heterocycles. The van der Waals surface area contributed by atoms with Crippen LogP contribution in [0.5, 0.6) is 11.5 Å². The summed E-state index contributed by atoms with van der Waals surface area (Å²) < 4.78 is 11.7. The molecule has 0 saturated heterocycles. The number of unbranched alkanes of at least 4 members (excludes halogenated alkanes) is 16. The Morgan fingerprint density at radius 2 is 0.593 bits per heavy atom. The summed E-state index contributed by atoms with van der Waals surface area (Å²) in [5, 5.41) is 29.6. The predicted molar refractivity (Wildman–Crippen MR) is 367 cm³/mol. The summed E-state index contributed by atoms with van der Waals surface area (Å²) >= 11 is 0. The maximum Gasteiger partial charge on any atom is 0.119 e. The summed E-state index contributed by atoms with van der Waals surface area (Å²) in [4.78, 5) is 0. The summed E-state index contributed by atoms with van der Waals surface area (Å²) in [6.07, 6.45) is 27.9. The van der Waals surface area contributed by atoms with Crippen molar-refractivity contribution in [3.05, 3.63) is 214 Å². The van der Waals surface area contributed by atoms with Gasteiger partial charge in [0, 0.05) is 0 Å². The molecule has 86 heavy (non-hydrogen) atoms. The molecular formula is C82H98O4. The van der Waals surface area contributed by atoms with E-state index >= 15 is 0 Å². The zero-order chi connectivity index (χ0) is 60.0. The van der Waals surface area contributed by atoms with Gasteiger partial charge in [0.2, 0.25) is 0 Å². The Kier molecular flexibility index (Phi) is 24.1. The fraction of sp³-hybridized carbons (Fsp3) is 0.390. The van der Waals surface area contributed by atoms with Gasteiger partial charge in [-0.3, -0.25) is 0 Å². The van der Waals surface area contributed by atoms with E-state index in [9.17, 15) is 10.2 Å². The highest BCUT2D eigenvalue weighted by molar-refractivity contribution is 6.22. The van der Waals surface area contributed by atoms with Crippen LogP contribution in [0.1, 0.15) is 213 Å². The number of ether oxygens (including phenoxy) is 2. The zero-order valence-electron chi connectivity index (χ0n) is 53.0. The minimum absolute atomic E-state index is 0.708. The molecule has 0 saturated carbocycles. The van der Waals surface area contributed by atoms with E-state index in [0.717, 1.165) is 129 Å². The highest BCUT2D eigenvalue weighted by Crippen LogP contribution is 2.48. The number of aliphatic hydroxyl groups is 2.